The number of amides is 1. The third kappa shape index (κ3) is 3.20. The molecule has 0 aliphatic heterocycles. The summed E-state index contributed by atoms with van der Waals surface area (Å²) in [6.07, 6.45) is -0.713. The molecule has 0 aliphatic carbocycles. The van der Waals surface area contributed by atoms with Crippen molar-refractivity contribution in [3.63, 3.8) is 0 Å². The van der Waals surface area contributed by atoms with Gasteiger partial charge in [0, 0.05) is 5.69 Å². The Kier molecular flexibility index (Phi) is 3.97. The number of carbonyl (C=O) groups excluding carboxylic acids is 1. The van der Waals surface area contributed by atoms with Gasteiger partial charge in [-0.3, -0.25) is 4.79 Å². The molecule has 0 saturated heterocycles. The van der Waals surface area contributed by atoms with Crippen LogP contribution in [0.2, 0.25) is 0 Å². The van der Waals surface area contributed by atoms with E-state index in [9.17, 15) is 9.18 Å². The highest BCUT2D eigenvalue weighted by atomic mass is 32.1. The molecule has 1 aromatic heterocycles. The number of rotatable bonds is 4. The van der Waals surface area contributed by atoms with E-state index < -0.39 is 6.10 Å². The Bertz CT molecular complexity index is 804. The fourth-order valence-corrected chi connectivity index (χ4v) is 2.39. The number of hydrogen-bond donors (Lipinski definition) is 1. The van der Waals surface area contributed by atoms with Gasteiger partial charge in [0.1, 0.15) is 22.6 Å². The Hall–Kier alpha value is -2.54. The Morgan fingerprint density at radius 1 is 1.18 bits per heavy atom. The summed E-state index contributed by atoms with van der Waals surface area (Å²) in [6, 6.07) is 10.8. The average Bonchev–Trinajstić information content (AvgIpc) is 2.97. The Morgan fingerprint density at radius 3 is 2.68 bits per heavy atom. The lowest BCUT2D eigenvalue weighted by atomic mass is 10.2. The van der Waals surface area contributed by atoms with Crippen molar-refractivity contribution < 1.29 is 13.9 Å². The van der Waals surface area contributed by atoms with Gasteiger partial charge in [-0.2, -0.15) is 8.75 Å². The van der Waals surface area contributed by atoms with E-state index in [-0.39, 0.29) is 11.7 Å². The summed E-state index contributed by atoms with van der Waals surface area (Å²) in [4.78, 5) is 12.1. The smallest absolute Gasteiger partial charge is 0.265 e. The summed E-state index contributed by atoms with van der Waals surface area (Å²) >= 11 is 1.12. The minimum absolute atomic E-state index is 0.299. The predicted molar refractivity (Wildman–Crippen MR) is 82.5 cm³/mol. The van der Waals surface area contributed by atoms with Gasteiger partial charge >= 0.3 is 0 Å². The Balaban J connectivity index is 1.66. The lowest BCUT2D eigenvalue weighted by Gasteiger charge is -2.14. The van der Waals surface area contributed by atoms with Crippen LogP contribution in [0.15, 0.2) is 42.5 Å². The van der Waals surface area contributed by atoms with Crippen molar-refractivity contribution >= 4 is 34.4 Å². The normalized spacial score (nSPS) is 12.1. The monoisotopic (exact) mass is 317 g/mol. The first-order valence-electron chi connectivity index (χ1n) is 6.57. The van der Waals surface area contributed by atoms with Gasteiger partial charge in [-0.15, -0.1) is 0 Å². The summed E-state index contributed by atoms with van der Waals surface area (Å²) in [7, 11) is 0. The average molecular weight is 317 g/mol. The van der Waals surface area contributed by atoms with Crippen LogP contribution in [0.3, 0.4) is 0 Å². The van der Waals surface area contributed by atoms with Gasteiger partial charge < -0.3 is 10.1 Å². The minimum atomic E-state index is -0.713. The fourth-order valence-electron chi connectivity index (χ4n) is 1.87. The third-order valence-corrected chi connectivity index (χ3v) is 3.57. The highest BCUT2D eigenvalue weighted by Gasteiger charge is 2.15. The van der Waals surface area contributed by atoms with Crippen molar-refractivity contribution in [3.8, 4) is 5.75 Å². The van der Waals surface area contributed by atoms with Gasteiger partial charge in [-0.25, -0.2) is 4.39 Å². The Morgan fingerprint density at radius 2 is 1.91 bits per heavy atom. The molecular weight excluding hydrogens is 305 g/mol. The maximum atomic E-state index is 12.8. The van der Waals surface area contributed by atoms with Crippen LogP contribution in [0.1, 0.15) is 6.92 Å². The van der Waals surface area contributed by atoms with Crippen LogP contribution in [0.25, 0.3) is 11.0 Å². The van der Waals surface area contributed by atoms with Gasteiger partial charge in [-0.05, 0) is 49.4 Å². The van der Waals surface area contributed by atoms with Gasteiger partial charge in [0.15, 0.2) is 6.10 Å². The summed E-state index contributed by atoms with van der Waals surface area (Å²) in [5.41, 5.74) is 2.15. The van der Waals surface area contributed by atoms with E-state index in [0.717, 1.165) is 22.8 Å². The zero-order chi connectivity index (χ0) is 15.5. The molecule has 3 aromatic rings. The molecule has 0 unspecified atom stereocenters. The maximum absolute atomic E-state index is 12.8. The number of carbonyl (C=O) groups is 1. The van der Waals surface area contributed by atoms with Gasteiger partial charge in [0.2, 0.25) is 0 Å². The van der Waals surface area contributed by atoms with Crippen LogP contribution in [-0.2, 0) is 4.79 Å². The zero-order valence-corrected chi connectivity index (χ0v) is 12.4. The van der Waals surface area contributed by atoms with Crippen molar-refractivity contribution in [3.05, 3.63) is 48.3 Å². The second-order valence-electron chi connectivity index (χ2n) is 4.67. The first kappa shape index (κ1) is 14.4. The summed E-state index contributed by atoms with van der Waals surface area (Å²) in [5, 5.41) is 2.75. The second-order valence-corrected chi connectivity index (χ2v) is 5.20. The molecule has 2 aromatic carbocycles. The van der Waals surface area contributed by atoms with Crippen molar-refractivity contribution in [1.82, 2.24) is 8.75 Å². The van der Waals surface area contributed by atoms with Gasteiger partial charge in [0.05, 0.1) is 11.7 Å². The zero-order valence-electron chi connectivity index (χ0n) is 11.6. The highest BCUT2D eigenvalue weighted by Crippen LogP contribution is 2.18. The van der Waals surface area contributed by atoms with E-state index in [1.807, 2.05) is 0 Å². The van der Waals surface area contributed by atoms with Crippen LogP contribution in [0, 0.1) is 5.82 Å². The number of halogens is 1. The van der Waals surface area contributed by atoms with Gasteiger partial charge in [-0.1, -0.05) is 0 Å². The number of fused-ring (bicyclic) bond motifs is 1. The van der Waals surface area contributed by atoms with Crippen molar-refractivity contribution in [2.45, 2.75) is 13.0 Å². The molecule has 0 bridgehead atoms. The van der Waals surface area contributed by atoms with Crippen molar-refractivity contribution in [1.29, 1.82) is 0 Å². The largest absolute Gasteiger partial charge is 0.481 e. The maximum Gasteiger partial charge on any atom is 0.265 e. The molecule has 1 atom stereocenters. The number of nitrogens with zero attached hydrogens (tertiary/aromatic N) is 2. The minimum Gasteiger partial charge on any atom is -0.481 e. The van der Waals surface area contributed by atoms with Crippen LogP contribution in [0.5, 0.6) is 5.75 Å². The molecule has 1 N–H and O–H groups in total. The van der Waals surface area contributed by atoms with E-state index in [0.29, 0.717) is 11.4 Å². The van der Waals surface area contributed by atoms with E-state index in [2.05, 4.69) is 14.1 Å². The van der Waals surface area contributed by atoms with Crippen molar-refractivity contribution in [2.24, 2.45) is 0 Å². The molecule has 0 radical (unpaired) electrons. The Labute approximate surface area is 130 Å². The summed E-state index contributed by atoms with van der Waals surface area (Å²) in [5.74, 6) is -0.218. The molecule has 5 nitrogen and oxygen atoms in total. The first-order valence-corrected chi connectivity index (χ1v) is 7.30. The lowest BCUT2D eigenvalue weighted by molar-refractivity contribution is -0.122. The quantitative estimate of drug-likeness (QED) is 0.802. The molecule has 3 rings (SSSR count). The molecule has 1 amide bonds. The van der Waals surface area contributed by atoms with Crippen LogP contribution >= 0.6 is 11.7 Å². The topological polar surface area (TPSA) is 64.1 Å². The number of anilines is 1. The molecule has 0 saturated carbocycles. The van der Waals surface area contributed by atoms with E-state index in [1.165, 1.54) is 24.3 Å². The van der Waals surface area contributed by atoms with Crippen LogP contribution < -0.4 is 10.1 Å². The number of benzene rings is 2. The van der Waals surface area contributed by atoms with E-state index >= 15 is 0 Å². The highest BCUT2D eigenvalue weighted by molar-refractivity contribution is 7.00. The van der Waals surface area contributed by atoms with E-state index in [4.69, 9.17) is 4.74 Å². The standard InChI is InChI=1S/C15H12FN3O2S/c1-9(21-12-5-2-10(16)3-6-12)15(20)17-11-4-7-13-14(8-11)19-22-18-13/h2-9H,1H3,(H,17,20)/t9-/m0/s1. The van der Waals surface area contributed by atoms with Crippen LogP contribution in [-0.4, -0.2) is 20.8 Å². The lowest BCUT2D eigenvalue weighted by Crippen LogP contribution is -2.30. The molecule has 0 aliphatic rings. The van der Waals surface area contributed by atoms with Gasteiger partial charge in [0.25, 0.3) is 5.91 Å². The number of hydrogen-bond acceptors (Lipinski definition) is 5. The number of aromatic nitrogens is 2. The molecule has 112 valence electrons. The summed E-state index contributed by atoms with van der Waals surface area (Å²) in [6.45, 7) is 1.63. The summed E-state index contributed by atoms with van der Waals surface area (Å²) < 4.78 is 26.5. The molecule has 0 fully saturated rings. The van der Waals surface area contributed by atoms with Crippen LogP contribution in [0.4, 0.5) is 10.1 Å². The first-order chi connectivity index (χ1) is 10.6. The molecule has 0 spiro atoms. The SMILES string of the molecule is C[C@H](Oc1ccc(F)cc1)C(=O)Nc1ccc2nsnc2c1. The number of ether oxygens (including phenoxy) is 1. The third-order valence-electron chi connectivity index (χ3n) is 3.02. The second kappa shape index (κ2) is 6.07. The fraction of sp³-hybridized carbons (Fsp3) is 0.133. The predicted octanol–water partition coefficient (Wildman–Crippen LogP) is 3.24. The molecule has 22 heavy (non-hydrogen) atoms. The molecule has 7 heteroatoms. The van der Waals surface area contributed by atoms with E-state index in [1.54, 1.807) is 25.1 Å². The molecule has 1 heterocycles. The molecular formula is C15H12FN3O2S. The van der Waals surface area contributed by atoms with Crippen molar-refractivity contribution in [2.75, 3.05) is 5.32 Å². The number of nitrogens with one attached hydrogen (secondary N) is 1.